The number of nitrogens with zero attached hydrogens (tertiary/aromatic N) is 3. The van der Waals surface area contributed by atoms with E-state index in [1.54, 1.807) is 0 Å². The Morgan fingerprint density at radius 3 is 1.85 bits per heavy atom. The van der Waals surface area contributed by atoms with E-state index in [1.807, 2.05) is 0 Å². The molecule has 2 heterocycles. The molecule has 3 nitrogen and oxygen atoms in total. The third kappa shape index (κ3) is 3.37. The number of hydrogen-bond donors (Lipinski definition) is 0. The first-order valence-corrected chi connectivity index (χ1v) is 15.9. The molecule has 0 spiro atoms. The number of hydrogen-bond acceptors (Lipinski definition) is 2. The molecule has 0 amide bonds. The Labute approximate surface area is 266 Å². The van der Waals surface area contributed by atoms with Gasteiger partial charge in [0.1, 0.15) is 0 Å². The van der Waals surface area contributed by atoms with Gasteiger partial charge in [-0.2, -0.15) is 0 Å². The summed E-state index contributed by atoms with van der Waals surface area (Å²) >= 11 is 0. The zero-order chi connectivity index (χ0) is 30.6. The Morgan fingerprint density at radius 1 is 0.457 bits per heavy atom. The molecule has 0 atom stereocenters. The van der Waals surface area contributed by atoms with Gasteiger partial charge in [-0.25, -0.2) is 9.97 Å². The molecule has 0 radical (unpaired) electrons. The van der Waals surface area contributed by atoms with Gasteiger partial charge in [-0.15, -0.1) is 0 Å². The Morgan fingerprint density at radius 2 is 1.04 bits per heavy atom. The molecule has 46 heavy (non-hydrogen) atoms. The molecule has 1 aliphatic rings. The van der Waals surface area contributed by atoms with Crippen molar-refractivity contribution >= 4 is 54.1 Å². The van der Waals surface area contributed by atoms with Crippen molar-refractivity contribution in [3.8, 4) is 28.5 Å². The number of para-hydroxylation sites is 1. The highest BCUT2D eigenvalue weighted by molar-refractivity contribution is 6.15. The molecule has 1 aliphatic carbocycles. The van der Waals surface area contributed by atoms with Crippen LogP contribution in [0.4, 0.5) is 0 Å². The van der Waals surface area contributed by atoms with Crippen LogP contribution in [0.1, 0.15) is 25.0 Å². The fourth-order valence-corrected chi connectivity index (χ4v) is 8.02. The van der Waals surface area contributed by atoms with Crippen LogP contribution in [0.3, 0.4) is 0 Å². The first kappa shape index (κ1) is 25.5. The van der Waals surface area contributed by atoms with Crippen LogP contribution in [-0.4, -0.2) is 14.5 Å². The van der Waals surface area contributed by atoms with Gasteiger partial charge in [0.05, 0.1) is 22.4 Å². The minimum Gasteiger partial charge on any atom is -0.278 e. The van der Waals surface area contributed by atoms with Crippen LogP contribution in [0.2, 0.25) is 0 Å². The largest absolute Gasteiger partial charge is 0.278 e. The fourth-order valence-electron chi connectivity index (χ4n) is 8.02. The van der Waals surface area contributed by atoms with Gasteiger partial charge < -0.3 is 0 Å². The molecule has 0 unspecified atom stereocenters. The molecule has 216 valence electrons. The van der Waals surface area contributed by atoms with Crippen molar-refractivity contribution in [2.75, 3.05) is 0 Å². The van der Waals surface area contributed by atoms with Gasteiger partial charge in [0.15, 0.2) is 0 Å². The van der Waals surface area contributed by atoms with Crippen molar-refractivity contribution in [3.63, 3.8) is 0 Å². The van der Waals surface area contributed by atoms with Gasteiger partial charge in [0.2, 0.25) is 5.95 Å². The first-order chi connectivity index (χ1) is 22.6. The lowest BCUT2D eigenvalue weighted by atomic mass is 9.80. The van der Waals surface area contributed by atoms with E-state index < -0.39 is 0 Å². The number of aromatic nitrogens is 3. The van der Waals surface area contributed by atoms with Crippen LogP contribution < -0.4 is 0 Å². The van der Waals surface area contributed by atoms with Crippen molar-refractivity contribution in [3.05, 3.63) is 151 Å². The number of benzene rings is 7. The molecule has 10 rings (SSSR count). The van der Waals surface area contributed by atoms with Crippen molar-refractivity contribution in [2.24, 2.45) is 0 Å². The molecule has 0 saturated carbocycles. The second-order valence-corrected chi connectivity index (χ2v) is 13.0. The smallest absolute Gasteiger partial charge is 0.235 e. The van der Waals surface area contributed by atoms with E-state index >= 15 is 0 Å². The summed E-state index contributed by atoms with van der Waals surface area (Å²) in [5, 5.41) is 9.74. The SMILES string of the molecule is CC1(C)c2ccccc2-c2nc(-n3c4ccccc4c4cc5ccccc5cc43)nc(-c3cc4ccccc4c4ccccc34)c21. The maximum atomic E-state index is 5.62. The summed E-state index contributed by atoms with van der Waals surface area (Å²) < 4.78 is 2.28. The fraction of sp³-hybridized carbons (Fsp3) is 0.0698. The van der Waals surface area contributed by atoms with Crippen molar-refractivity contribution in [2.45, 2.75) is 19.3 Å². The second-order valence-electron chi connectivity index (χ2n) is 13.0. The topological polar surface area (TPSA) is 30.7 Å². The maximum absolute atomic E-state index is 5.62. The number of fused-ring (bicyclic) bond motifs is 10. The van der Waals surface area contributed by atoms with E-state index in [0.29, 0.717) is 5.95 Å². The number of rotatable bonds is 2. The molecule has 9 aromatic rings. The van der Waals surface area contributed by atoms with Gasteiger partial charge in [-0.3, -0.25) is 4.57 Å². The predicted octanol–water partition coefficient (Wildman–Crippen LogP) is 11.0. The van der Waals surface area contributed by atoms with Gasteiger partial charge in [0, 0.05) is 32.9 Å². The molecule has 0 fully saturated rings. The van der Waals surface area contributed by atoms with Crippen molar-refractivity contribution < 1.29 is 0 Å². The van der Waals surface area contributed by atoms with Crippen LogP contribution in [0.25, 0.3) is 82.6 Å². The zero-order valence-corrected chi connectivity index (χ0v) is 25.6. The zero-order valence-electron chi connectivity index (χ0n) is 25.6. The monoisotopic (exact) mass is 587 g/mol. The summed E-state index contributed by atoms with van der Waals surface area (Å²) in [7, 11) is 0. The van der Waals surface area contributed by atoms with E-state index in [-0.39, 0.29) is 5.41 Å². The Bertz CT molecular complexity index is 2730. The third-order valence-corrected chi connectivity index (χ3v) is 10.1. The highest BCUT2D eigenvalue weighted by Crippen LogP contribution is 2.52. The minimum atomic E-state index is -0.274. The molecule has 0 bridgehead atoms. The minimum absolute atomic E-state index is 0.274. The molecule has 0 N–H and O–H groups in total. The summed E-state index contributed by atoms with van der Waals surface area (Å²) in [5.41, 5.74) is 8.75. The van der Waals surface area contributed by atoms with Gasteiger partial charge in [0.25, 0.3) is 0 Å². The molecular formula is C43H29N3. The van der Waals surface area contributed by atoms with Crippen LogP contribution in [-0.2, 0) is 5.41 Å². The summed E-state index contributed by atoms with van der Waals surface area (Å²) in [4.78, 5) is 11.1. The normalized spacial score (nSPS) is 13.6. The van der Waals surface area contributed by atoms with Gasteiger partial charge in [-0.05, 0) is 62.1 Å². The lowest BCUT2D eigenvalue weighted by molar-refractivity contribution is 0.657. The average Bonchev–Trinajstić information content (AvgIpc) is 3.54. The van der Waals surface area contributed by atoms with E-state index in [2.05, 4.69) is 158 Å². The van der Waals surface area contributed by atoms with E-state index in [1.165, 1.54) is 59.8 Å². The van der Waals surface area contributed by atoms with Crippen LogP contribution in [0, 0.1) is 0 Å². The van der Waals surface area contributed by atoms with Crippen LogP contribution in [0.5, 0.6) is 0 Å². The Kier molecular flexibility index (Phi) is 5.06. The third-order valence-electron chi connectivity index (χ3n) is 10.1. The molecule has 2 aromatic heterocycles. The first-order valence-electron chi connectivity index (χ1n) is 15.9. The lowest BCUT2D eigenvalue weighted by Gasteiger charge is -2.24. The van der Waals surface area contributed by atoms with Crippen molar-refractivity contribution in [1.82, 2.24) is 14.5 Å². The standard InChI is InChI=1S/C43H29N3/c1-43(2)36-21-11-9-20-33(36)40-39(43)41(35-24-28-15-5-6-16-29(28)30-17-7-8-18-31(30)35)45-42(44-40)46-37-22-12-10-19-32(37)34-23-26-13-3-4-14-27(26)25-38(34)46/h3-25H,1-2H3. The molecule has 0 saturated heterocycles. The van der Waals surface area contributed by atoms with Gasteiger partial charge >= 0.3 is 0 Å². The average molecular weight is 588 g/mol. The van der Waals surface area contributed by atoms with Gasteiger partial charge in [-0.1, -0.05) is 129 Å². The second kappa shape index (κ2) is 9.12. The molecular weight excluding hydrogens is 558 g/mol. The Hall–Kier alpha value is -5.80. The summed E-state index contributed by atoms with van der Waals surface area (Å²) in [6.07, 6.45) is 0. The van der Waals surface area contributed by atoms with E-state index in [4.69, 9.17) is 9.97 Å². The molecule has 0 aliphatic heterocycles. The summed E-state index contributed by atoms with van der Waals surface area (Å²) in [6.45, 7) is 4.64. The Balaban J connectivity index is 1.39. The predicted molar refractivity (Wildman–Crippen MR) is 192 cm³/mol. The summed E-state index contributed by atoms with van der Waals surface area (Å²) in [6, 6.07) is 50.4. The molecule has 7 aromatic carbocycles. The summed E-state index contributed by atoms with van der Waals surface area (Å²) in [5.74, 6) is 0.694. The van der Waals surface area contributed by atoms with E-state index in [0.717, 1.165) is 28.0 Å². The maximum Gasteiger partial charge on any atom is 0.235 e. The van der Waals surface area contributed by atoms with Crippen molar-refractivity contribution in [1.29, 1.82) is 0 Å². The van der Waals surface area contributed by atoms with Crippen LogP contribution >= 0.6 is 0 Å². The highest BCUT2D eigenvalue weighted by atomic mass is 15.2. The van der Waals surface area contributed by atoms with Crippen LogP contribution in [0.15, 0.2) is 140 Å². The molecule has 3 heteroatoms. The quantitative estimate of drug-likeness (QED) is 0.188. The lowest BCUT2D eigenvalue weighted by Crippen LogP contribution is -2.18. The van der Waals surface area contributed by atoms with E-state index in [9.17, 15) is 0 Å². The highest BCUT2D eigenvalue weighted by Gasteiger charge is 2.40.